The zero-order valence-corrected chi connectivity index (χ0v) is 8.95. The Morgan fingerprint density at radius 1 is 1.46 bits per heavy atom. The van der Waals surface area contributed by atoms with Crippen LogP contribution in [0.4, 0.5) is 5.69 Å². The Morgan fingerprint density at radius 2 is 2.08 bits per heavy atom. The molecule has 0 spiro atoms. The van der Waals surface area contributed by atoms with E-state index >= 15 is 0 Å². The van der Waals surface area contributed by atoms with Gasteiger partial charge in [-0.1, -0.05) is 6.07 Å². The van der Waals surface area contributed by atoms with E-state index < -0.39 is 10.1 Å². The minimum atomic E-state index is -4.10. The van der Waals surface area contributed by atoms with Crippen molar-refractivity contribution in [1.82, 2.24) is 0 Å². The summed E-state index contributed by atoms with van der Waals surface area (Å²) in [5.41, 5.74) is 1.56. The lowest BCUT2D eigenvalue weighted by Crippen LogP contribution is -1.99. The lowest BCUT2D eigenvalue weighted by atomic mass is 10.2. The molecule has 0 amide bonds. The fourth-order valence-corrected chi connectivity index (χ4v) is 1.73. The van der Waals surface area contributed by atoms with Gasteiger partial charge in [-0.05, 0) is 34.0 Å². The summed E-state index contributed by atoms with van der Waals surface area (Å²) in [6.45, 7) is 1.83. The Balaban J connectivity index is 3.30. The number of hydrogen-bond acceptors (Lipinski definition) is 3. The van der Waals surface area contributed by atoms with Crippen LogP contribution in [0.2, 0.25) is 0 Å². The van der Waals surface area contributed by atoms with Gasteiger partial charge < -0.3 is 5.09 Å². The fraction of sp³-hybridized carbons (Fsp3) is 0.143. The smallest absolute Gasteiger partial charge is 0.294 e. The van der Waals surface area contributed by atoms with Crippen LogP contribution in [-0.4, -0.2) is 13.0 Å². The zero-order valence-electron chi connectivity index (χ0n) is 6.98. The van der Waals surface area contributed by atoms with Crippen LogP contribution in [0.25, 0.3) is 0 Å². The highest BCUT2D eigenvalue weighted by atomic mass is 32.2. The van der Waals surface area contributed by atoms with Gasteiger partial charge in [0.05, 0.1) is 4.90 Å². The Kier molecular flexibility index (Phi) is 2.91. The quantitative estimate of drug-likeness (QED) is 0.583. The first-order valence-electron chi connectivity index (χ1n) is 3.50. The highest BCUT2D eigenvalue weighted by Crippen LogP contribution is 2.20. The first kappa shape index (κ1) is 10.4. The van der Waals surface area contributed by atoms with Crippen molar-refractivity contribution in [3.05, 3.63) is 23.8 Å². The van der Waals surface area contributed by atoms with Crippen LogP contribution < -0.4 is 5.09 Å². The largest absolute Gasteiger partial charge is 0.369 e. The minimum absolute atomic E-state index is 0.108. The number of hydrogen-bond donors (Lipinski definition) is 2. The van der Waals surface area contributed by atoms with Crippen molar-refractivity contribution in [2.75, 3.05) is 5.09 Å². The highest BCUT2D eigenvalue weighted by molar-refractivity contribution is 7.85. The normalized spacial score (nSPS) is 11.3. The first-order chi connectivity index (χ1) is 5.95. The lowest BCUT2D eigenvalue weighted by Gasteiger charge is -2.05. The van der Waals surface area contributed by atoms with Crippen molar-refractivity contribution in [2.24, 2.45) is 0 Å². The van der Waals surface area contributed by atoms with Crippen LogP contribution in [-0.2, 0) is 10.1 Å². The van der Waals surface area contributed by atoms with E-state index in [-0.39, 0.29) is 4.90 Å². The molecule has 0 aliphatic rings. The molecule has 1 rings (SSSR count). The molecule has 0 radical (unpaired) electrons. The number of nitrogens with one attached hydrogen (secondary N) is 1. The third kappa shape index (κ3) is 2.40. The molecule has 0 aliphatic carbocycles. The molecule has 0 aromatic heterocycles. The standard InChI is InChI=1S/C7H10NO3PS/c1-5-2-3-6(13(9,10)11)4-7(5)8-12/h2-4,8H,12H2,1H3,(H,9,10,11). The van der Waals surface area contributed by atoms with Gasteiger partial charge in [0, 0.05) is 5.69 Å². The van der Waals surface area contributed by atoms with Gasteiger partial charge in [0.15, 0.2) is 0 Å². The molecule has 72 valence electrons. The van der Waals surface area contributed by atoms with E-state index in [1.807, 2.05) is 6.92 Å². The summed E-state index contributed by atoms with van der Waals surface area (Å²) >= 11 is 0. The van der Waals surface area contributed by atoms with Gasteiger partial charge in [0.1, 0.15) is 0 Å². The Hall–Kier alpha value is -0.640. The molecular weight excluding hydrogens is 209 g/mol. The van der Waals surface area contributed by atoms with Crippen molar-refractivity contribution in [3.8, 4) is 0 Å². The van der Waals surface area contributed by atoms with Crippen molar-refractivity contribution in [2.45, 2.75) is 11.8 Å². The summed E-state index contributed by atoms with van der Waals surface area (Å²) in [6, 6.07) is 4.35. The summed E-state index contributed by atoms with van der Waals surface area (Å²) in [7, 11) is -1.84. The van der Waals surface area contributed by atoms with Gasteiger partial charge >= 0.3 is 0 Å². The second kappa shape index (κ2) is 3.62. The van der Waals surface area contributed by atoms with E-state index in [0.717, 1.165) is 5.56 Å². The average molecular weight is 219 g/mol. The van der Waals surface area contributed by atoms with Gasteiger partial charge in [0.2, 0.25) is 0 Å². The monoisotopic (exact) mass is 219 g/mol. The molecular formula is C7H10NO3PS. The van der Waals surface area contributed by atoms with Crippen LogP contribution in [0.3, 0.4) is 0 Å². The molecule has 1 aromatic rings. The van der Waals surface area contributed by atoms with Gasteiger partial charge in [-0.3, -0.25) is 4.55 Å². The van der Waals surface area contributed by atoms with Crippen molar-refractivity contribution in [1.29, 1.82) is 0 Å². The topological polar surface area (TPSA) is 66.4 Å². The maximum absolute atomic E-state index is 10.7. The lowest BCUT2D eigenvalue weighted by molar-refractivity contribution is 0.483. The van der Waals surface area contributed by atoms with E-state index in [9.17, 15) is 8.42 Å². The number of benzene rings is 1. The summed E-state index contributed by atoms with van der Waals surface area (Å²) in [4.78, 5) is -0.108. The highest BCUT2D eigenvalue weighted by Gasteiger charge is 2.10. The summed E-state index contributed by atoms with van der Waals surface area (Å²) < 4.78 is 30.2. The van der Waals surface area contributed by atoms with Gasteiger partial charge in [-0.25, -0.2) is 0 Å². The van der Waals surface area contributed by atoms with E-state index in [0.29, 0.717) is 5.69 Å². The van der Waals surface area contributed by atoms with Crippen LogP contribution in [0.15, 0.2) is 23.1 Å². The van der Waals surface area contributed by atoms with E-state index in [2.05, 4.69) is 14.5 Å². The first-order valence-corrected chi connectivity index (χ1v) is 5.51. The van der Waals surface area contributed by atoms with Gasteiger partial charge in [-0.2, -0.15) is 8.42 Å². The maximum Gasteiger partial charge on any atom is 0.294 e. The molecule has 1 aromatic carbocycles. The third-order valence-corrected chi connectivity index (χ3v) is 2.82. The molecule has 0 saturated heterocycles. The predicted octanol–water partition coefficient (Wildman–Crippen LogP) is 1.44. The van der Waals surface area contributed by atoms with Crippen molar-refractivity contribution >= 4 is 25.2 Å². The summed E-state index contributed by atoms with van der Waals surface area (Å²) in [6.07, 6.45) is 0. The maximum atomic E-state index is 10.7. The van der Waals surface area contributed by atoms with E-state index in [1.165, 1.54) is 12.1 Å². The zero-order chi connectivity index (χ0) is 10.1. The number of rotatable bonds is 2. The average Bonchev–Trinajstić information content (AvgIpc) is 2.03. The molecule has 0 saturated carbocycles. The van der Waals surface area contributed by atoms with Crippen molar-refractivity contribution < 1.29 is 13.0 Å². The Morgan fingerprint density at radius 3 is 2.54 bits per heavy atom. The molecule has 0 fully saturated rings. The molecule has 0 heterocycles. The fourth-order valence-electron chi connectivity index (χ4n) is 0.917. The van der Waals surface area contributed by atoms with E-state index in [1.54, 1.807) is 6.07 Å². The molecule has 1 unspecified atom stereocenters. The van der Waals surface area contributed by atoms with E-state index in [4.69, 9.17) is 4.55 Å². The molecule has 0 aliphatic heterocycles. The third-order valence-electron chi connectivity index (χ3n) is 1.66. The molecule has 6 heteroatoms. The number of aryl methyl sites for hydroxylation is 1. The molecule has 13 heavy (non-hydrogen) atoms. The predicted molar refractivity (Wildman–Crippen MR) is 54.3 cm³/mol. The molecule has 0 bridgehead atoms. The molecule has 4 nitrogen and oxygen atoms in total. The Bertz CT molecular complexity index is 416. The summed E-state index contributed by atoms with van der Waals surface area (Å²) in [5, 5.41) is 2.75. The molecule has 2 N–H and O–H groups in total. The van der Waals surface area contributed by atoms with Crippen LogP contribution >= 0.6 is 9.39 Å². The van der Waals surface area contributed by atoms with Crippen molar-refractivity contribution in [3.63, 3.8) is 0 Å². The number of anilines is 1. The SMILES string of the molecule is Cc1ccc(S(=O)(=O)O)cc1NP. The van der Waals surface area contributed by atoms with Crippen LogP contribution in [0, 0.1) is 6.92 Å². The summed E-state index contributed by atoms with van der Waals surface area (Å²) in [5.74, 6) is 0. The van der Waals surface area contributed by atoms with Gasteiger partial charge in [-0.15, -0.1) is 0 Å². The van der Waals surface area contributed by atoms with Gasteiger partial charge in [0.25, 0.3) is 10.1 Å². The second-order valence-corrected chi connectivity index (χ2v) is 4.31. The minimum Gasteiger partial charge on any atom is -0.369 e. The van der Waals surface area contributed by atoms with Crippen LogP contribution in [0.5, 0.6) is 0 Å². The second-order valence-electron chi connectivity index (χ2n) is 2.60. The molecule has 1 atom stereocenters. The van der Waals surface area contributed by atoms with Crippen LogP contribution in [0.1, 0.15) is 5.56 Å². The Labute approximate surface area is 79.4 Å².